The Kier molecular flexibility index (Phi) is 4.15. The fourth-order valence-corrected chi connectivity index (χ4v) is 2.29. The number of nitrogens with one attached hydrogen (secondary N) is 1. The predicted octanol–water partition coefficient (Wildman–Crippen LogP) is 2.62. The third kappa shape index (κ3) is 2.79. The molecule has 0 amide bonds. The van der Waals surface area contributed by atoms with E-state index in [-0.39, 0.29) is 0 Å². The van der Waals surface area contributed by atoms with Gasteiger partial charge in [0, 0.05) is 13.2 Å². The van der Waals surface area contributed by atoms with Gasteiger partial charge in [0.25, 0.3) is 0 Å². The van der Waals surface area contributed by atoms with E-state index in [0.717, 1.165) is 13.0 Å². The zero-order chi connectivity index (χ0) is 13.0. The van der Waals surface area contributed by atoms with E-state index >= 15 is 0 Å². The van der Waals surface area contributed by atoms with E-state index in [2.05, 4.69) is 53.0 Å². The summed E-state index contributed by atoms with van der Waals surface area (Å²) in [5.41, 5.74) is 3.98. The van der Waals surface area contributed by atoms with Crippen LogP contribution in [0.1, 0.15) is 29.8 Å². The highest BCUT2D eigenvalue weighted by Crippen LogP contribution is 2.19. The van der Waals surface area contributed by atoms with Crippen molar-refractivity contribution in [3.8, 4) is 0 Å². The fraction of sp³-hybridized carbons (Fsp3) is 0.400. The molecule has 1 heterocycles. The third-order valence-corrected chi connectivity index (χ3v) is 3.35. The summed E-state index contributed by atoms with van der Waals surface area (Å²) >= 11 is 0. The number of hydrogen-bond acceptors (Lipinski definition) is 2. The summed E-state index contributed by atoms with van der Waals surface area (Å²) in [6.07, 6.45) is 4.81. The van der Waals surface area contributed by atoms with Crippen molar-refractivity contribution in [1.29, 1.82) is 0 Å². The second kappa shape index (κ2) is 5.83. The van der Waals surface area contributed by atoms with Crippen molar-refractivity contribution in [2.45, 2.75) is 26.3 Å². The summed E-state index contributed by atoms with van der Waals surface area (Å²) in [6, 6.07) is 8.89. The Morgan fingerprint density at radius 2 is 2.11 bits per heavy atom. The molecule has 1 aromatic carbocycles. The highest BCUT2D eigenvalue weighted by atomic mass is 15.1. The average Bonchev–Trinajstić information content (AvgIpc) is 2.78. The van der Waals surface area contributed by atoms with Crippen molar-refractivity contribution < 1.29 is 0 Å². The van der Waals surface area contributed by atoms with Crippen molar-refractivity contribution in [3.63, 3.8) is 0 Å². The van der Waals surface area contributed by atoms with Crippen LogP contribution in [-0.2, 0) is 13.5 Å². The minimum absolute atomic E-state index is 0.323. The van der Waals surface area contributed by atoms with E-state index in [9.17, 15) is 0 Å². The fourth-order valence-electron chi connectivity index (χ4n) is 2.29. The van der Waals surface area contributed by atoms with Crippen molar-refractivity contribution in [3.05, 3.63) is 53.6 Å². The molecule has 3 heteroatoms. The molecule has 2 aromatic rings. The Labute approximate surface area is 109 Å². The number of nitrogens with zero attached hydrogens (tertiary/aromatic N) is 2. The van der Waals surface area contributed by atoms with Crippen LogP contribution in [0.5, 0.6) is 0 Å². The lowest BCUT2D eigenvalue weighted by Gasteiger charge is -2.19. The van der Waals surface area contributed by atoms with Gasteiger partial charge in [-0.2, -0.15) is 0 Å². The molecule has 0 bridgehead atoms. The van der Waals surface area contributed by atoms with Gasteiger partial charge in [0.15, 0.2) is 0 Å². The summed E-state index contributed by atoms with van der Waals surface area (Å²) in [4.78, 5) is 4.21. The molecular weight excluding hydrogens is 222 g/mol. The maximum Gasteiger partial charge on any atom is 0.0946 e. The van der Waals surface area contributed by atoms with Crippen molar-refractivity contribution in [2.75, 3.05) is 6.54 Å². The maximum atomic E-state index is 4.21. The van der Waals surface area contributed by atoms with E-state index < -0.39 is 0 Å². The molecule has 96 valence electrons. The van der Waals surface area contributed by atoms with Crippen LogP contribution < -0.4 is 5.32 Å². The van der Waals surface area contributed by atoms with Gasteiger partial charge in [-0.3, -0.25) is 0 Å². The van der Waals surface area contributed by atoms with Crippen LogP contribution in [-0.4, -0.2) is 16.1 Å². The molecule has 0 aliphatic rings. The highest BCUT2D eigenvalue weighted by Gasteiger charge is 2.15. The predicted molar refractivity (Wildman–Crippen MR) is 74.5 cm³/mol. The topological polar surface area (TPSA) is 29.9 Å². The van der Waals surface area contributed by atoms with E-state index in [1.807, 2.05) is 19.6 Å². The molecule has 2 rings (SSSR count). The van der Waals surface area contributed by atoms with Crippen molar-refractivity contribution >= 4 is 0 Å². The average molecular weight is 243 g/mol. The van der Waals surface area contributed by atoms with Gasteiger partial charge in [-0.25, -0.2) is 4.98 Å². The minimum atomic E-state index is 0.323. The quantitative estimate of drug-likeness (QED) is 0.875. The van der Waals surface area contributed by atoms with Gasteiger partial charge < -0.3 is 9.88 Å². The first kappa shape index (κ1) is 12.8. The lowest BCUT2D eigenvalue weighted by molar-refractivity contribution is 0.520. The molecular formula is C15H21N3. The zero-order valence-corrected chi connectivity index (χ0v) is 11.4. The van der Waals surface area contributed by atoms with Crippen molar-refractivity contribution in [1.82, 2.24) is 14.9 Å². The summed E-state index contributed by atoms with van der Waals surface area (Å²) in [6.45, 7) is 5.27. The first-order valence-electron chi connectivity index (χ1n) is 6.46. The van der Waals surface area contributed by atoms with Gasteiger partial charge >= 0.3 is 0 Å². The first-order valence-corrected chi connectivity index (χ1v) is 6.46. The molecule has 0 saturated heterocycles. The van der Waals surface area contributed by atoms with Gasteiger partial charge in [-0.1, -0.05) is 31.2 Å². The molecule has 0 spiro atoms. The Hall–Kier alpha value is -1.61. The van der Waals surface area contributed by atoms with E-state index in [1.165, 1.54) is 16.8 Å². The normalized spacial score (nSPS) is 12.6. The third-order valence-electron chi connectivity index (χ3n) is 3.35. The number of likely N-dealkylation sites (N-methyl/N-ethyl adjacent to an activating group) is 1. The minimum Gasteiger partial charge on any atom is -0.336 e. The molecule has 0 aliphatic heterocycles. The molecule has 0 aliphatic carbocycles. The number of benzene rings is 1. The number of imidazole rings is 1. The van der Waals surface area contributed by atoms with E-state index in [1.54, 1.807) is 0 Å². The van der Waals surface area contributed by atoms with Crippen LogP contribution in [0.15, 0.2) is 36.8 Å². The number of hydrogen-bond donors (Lipinski definition) is 1. The SMILES string of the molecule is CCNC(Cc1ccccc1C)c1cncn1C. The largest absolute Gasteiger partial charge is 0.336 e. The number of aryl methyl sites for hydroxylation is 2. The molecule has 0 radical (unpaired) electrons. The lowest BCUT2D eigenvalue weighted by Crippen LogP contribution is -2.25. The molecule has 1 unspecified atom stereocenters. The molecule has 1 aromatic heterocycles. The Balaban J connectivity index is 2.22. The molecule has 1 atom stereocenters. The number of rotatable bonds is 5. The van der Waals surface area contributed by atoms with Crippen molar-refractivity contribution in [2.24, 2.45) is 7.05 Å². The first-order chi connectivity index (χ1) is 8.72. The highest BCUT2D eigenvalue weighted by molar-refractivity contribution is 5.27. The summed E-state index contributed by atoms with van der Waals surface area (Å²) in [5, 5.41) is 3.54. The molecule has 1 N–H and O–H groups in total. The summed E-state index contributed by atoms with van der Waals surface area (Å²) < 4.78 is 2.09. The lowest BCUT2D eigenvalue weighted by atomic mass is 9.99. The van der Waals surface area contributed by atoms with E-state index in [0.29, 0.717) is 6.04 Å². The van der Waals surface area contributed by atoms with E-state index in [4.69, 9.17) is 0 Å². The van der Waals surface area contributed by atoms with Gasteiger partial charge in [0.1, 0.15) is 0 Å². The molecule has 3 nitrogen and oxygen atoms in total. The van der Waals surface area contributed by atoms with Gasteiger partial charge in [-0.05, 0) is 31.0 Å². The Bertz CT molecular complexity index is 502. The second-order valence-electron chi connectivity index (χ2n) is 4.67. The maximum absolute atomic E-state index is 4.21. The van der Waals surface area contributed by atoms with Crippen LogP contribution in [0.4, 0.5) is 0 Å². The van der Waals surface area contributed by atoms with Crippen LogP contribution in [0.2, 0.25) is 0 Å². The van der Waals surface area contributed by atoms with Crippen LogP contribution in [0.3, 0.4) is 0 Å². The standard InChI is InChI=1S/C15H21N3/c1-4-17-14(15-10-16-11-18(15)3)9-13-8-6-5-7-12(13)2/h5-8,10-11,14,17H,4,9H2,1-3H3. The Morgan fingerprint density at radius 1 is 1.33 bits per heavy atom. The van der Waals surface area contributed by atoms with Gasteiger partial charge in [-0.15, -0.1) is 0 Å². The van der Waals surface area contributed by atoms with Crippen LogP contribution in [0.25, 0.3) is 0 Å². The monoisotopic (exact) mass is 243 g/mol. The smallest absolute Gasteiger partial charge is 0.0946 e. The zero-order valence-electron chi connectivity index (χ0n) is 11.4. The van der Waals surface area contributed by atoms with Crippen LogP contribution in [0, 0.1) is 6.92 Å². The van der Waals surface area contributed by atoms with Gasteiger partial charge in [0.05, 0.1) is 18.1 Å². The molecule has 0 fully saturated rings. The molecule has 0 saturated carbocycles. The second-order valence-corrected chi connectivity index (χ2v) is 4.67. The number of aromatic nitrogens is 2. The summed E-state index contributed by atoms with van der Waals surface area (Å²) in [7, 11) is 2.05. The molecule has 18 heavy (non-hydrogen) atoms. The summed E-state index contributed by atoms with van der Waals surface area (Å²) in [5.74, 6) is 0. The van der Waals surface area contributed by atoms with Gasteiger partial charge in [0.2, 0.25) is 0 Å². The Morgan fingerprint density at radius 3 is 2.72 bits per heavy atom. The van der Waals surface area contributed by atoms with Crippen LogP contribution >= 0.6 is 0 Å².